The molecule has 2 amide bonds. The van der Waals surface area contributed by atoms with Gasteiger partial charge >= 0.3 is 0 Å². The van der Waals surface area contributed by atoms with Gasteiger partial charge in [0.25, 0.3) is 5.91 Å². The molecular formula is C21H21N3O3S. The van der Waals surface area contributed by atoms with Gasteiger partial charge < -0.3 is 15.4 Å². The van der Waals surface area contributed by atoms with Crippen LogP contribution in [0.3, 0.4) is 0 Å². The van der Waals surface area contributed by atoms with Crippen LogP contribution in [0.25, 0.3) is 10.9 Å². The third kappa shape index (κ3) is 5.09. The molecule has 0 spiro atoms. The summed E-state index contributed by atoms with van der Waals surface area (Å²) in [6.07, 6.45) is 1.72. The van der Waals surface area contributed by atoms with Gasteiger partial charge in [0.05, 0.1) is 29.1 Å². The second kappa shape index (κ2) is 9.87. The summed E-state index contributed by atoms with van der Waals surface area (Å²) in [5.41, 5.74) is 2.04. The van der Waals surface area contributed by atoms with Crippen LogP contribution in [0.5, 0.6) is 0 Å². The maximum absolute atomic E-state index is 12.9. The van der Waals surface area contributed by atoms with E-state index in [1.165, 1.54) is 11.8 Å². The number of benzene rings is 2. The van der Waals surface area contributed by atoms with E-state index >= 15 is 0 Å². The molecule has 0 aliphatic rings. The first-order valence-electron chi connectivity index (χ1n) is 8.81. The van der Waals surface area contributed by atoms with Crippen LogP contribution in [-0.2, 0) is 9.53 Å². The molecule has 0 aliphatic carbocycles. The highest BCUT2D eigenvalue weighted by Gasteiger charge is 2.14. The molecule has 2 aromatic carbocycles. The topological polar surface area (TPSA) is 80.3 Å². The number of fused-ring (bicyclic) bond motifs is 1. The van der Waals surface area contributed by atoms with Crippen molar-refractivity contribution >= 4 is 40.2 Å². The number of nitrogens with zero attached hydrogens (tertiary/aromatic N) is 1. The lowest BCUT2D eigenvalue weighted by Gasteiger charge is -2.11. The first kappa shape index (κ1) is 19.9. The van der Waals surface area contributed by atoms with E-state index in [-0.39, 0.29) is 17.6 Å². The number of pyridine rings is 1. The zero-order valence-corrected chi connectivity index (χ0v) is 16.3. The Bertz CT molecular complexity index is 973. The molecule has 0 unspecified atom stereocenters. The summed E-state index contributed by atoms with van der Waals surface area (Å²) in [4.78, 5) is 29.8. The molecule has 3 aromatic rings. The Hall–Kier alpha value is -2.90. The van der Waals surface area contributed by atoms with Crippen molar-refractivity contribution < 1.29 is 14.3 Å². The van der Waals surface area contributed by atoms with E-state index in [0.717, 1.165) is 15.8 Å². The molecule has 0 bridgehead atoms. The van der Waals surface area contributed by atoms with Gasteiger partial charge in [-0.2, -0.15) is 0 Å². The maximum Gasteiger partial charge on any atom is 0.256 e. The van der Waals surface area contributed by atoms with Crippen molar-refractivity contribution in [3.8, 4) is 0 Å². The Morgan fingerprint density at radius 3 is 2.79 bits per heavy atom. The van der Waals surface area contributed by atoms with Crippen molar-refractivity contribution in [1.82, 2.24) is 10.3 Å². The monoisotopic (exact) mass is 395 g/mol. The van der Waals surface area contributed by atoms with Gasteiger partial charge in [0.15, 0.2) is 0 Å². The van der Waals surface area contributed by atoms with Crippen LogP contribution in [0.2, 0.25) is 0 Å². The van der Waals surface area contributed by atoms with Gasteiger partial charge in [0.2, 0.25) is 5.91 Å². The number of hydrogen-bond acceptors (Lipinski definition) is 5. The number of amides is 2. The molecule has 144 valence electrons. The van der Waals surface area contributed by atoms with Gasteiger partial charge in [-0.05, 0) is 36.4 Å². The third-order valence-electron chi connectivity index (χ3n) is 4.01. The fourth-order valence-electron chi connectivity index (χ4n) is 2.67. The average molecular weight is 395 g/mol. The highest BCUT2D eigenvalue weighted by Crippen LogP contribution is 2.26. The molecule has 0 aliphatic heterocycles. The Morgan fingerprint density at radius 1 is 1.07 bits per heavy atom. The molecule has 1 heterocycles. The molecule has 3 rings (SSSR count). The van der Waals surface area contributed by atoms with Gasteiger partial charge in [0.1, 0.15) is 0 Å². The van der Waals surface area contributed by atoms with E-state index in [1.807, 2.05) is 48.5 Å². The lowest BCUT2D eigenvalue weighted by molar-refractivity contribution is -0.118. The summed E-state index contributed by atoms with van der Waals surface area (Å²) >= 11 is 1.33. The number of aromatic nitrogens is 1. The fraction of sp³-hybridized carbons (Fsp3) is 0.190. The number of carbonyl (C=O) groups excluding carboxylic acids is 2. The molecule has 0 fully saturated rings. The van der Waals surface area contributed by atoms with Gasteiger partial charge in [-0.3, -0.25) is 14.6 Å². The van der Waals surface area contributed by atoms with Crippen molar-refractivity contribution in [2.45, 2.75) is 4.90 Å². The van der Waals surface area contributed by atoms with Gasteiger partial charge in [0, 0.05) is 30.1 Å². The van der Waals surface area contributed by atoms with Crippen LogP contribution in [0.1, 0.15) is 10.4 Å². The van der Waals surface area contributed by atoms with Crippen molar-refractivity contribution in [2.24, 2.45) is 0 Å². The summed E-state index contributed by atoms with van der Waals surface area (Å²) in [7, 11) is 1.59. The van der Waals surface area contributed by atoms with Gasteiger partial charge in [-0.25, -0.2) is 0 Å². The van der Waals surface area contributed by atoms with Crippen molar-refractivity contribution in [2.75, 3.05) is 31.3 Å². The Balaban J connectivity index is 1.71. The summed E-state index contributed by atoms with van der Waals surface area (Å²) in [5, 5.41) is 6.61. The van der Waals surface area contributed by atoms with Gasteiger partial charge in [-0.1, -0.05) is 18.2 Å². The van der Waals surface area contributed by atoms with E-state index in [1.54, 1.807) is 19.4 Å². The first-order valence-corrected chi connectivity index (χ1v) is 9.80. The molecule has 7 heteroatoms. The van der Waals surface area contributed by atoms with E-state index in [2.05, 4.69) is 15.6 Å². The minimum Gasteiger partial charge on any atom is -0.383 e. The standard InChI is InChI=1S/C21H21N3O3S/c1-27-13-12-23-20(25)14-28-19-10-3-2-6-16(19)21(26)24-18-9-4-8-17-15(18)7-5-11-22-17/h2-11H,12-14H2,1H3,(H,23,25)(H,24,26). The van der Waals surface area contributed by atoms with E-state index in [0.29, 0.717) is 24.4 Å². The predicted molar refractivity (Wildman–Crippen MR) is 112 cm³/mol. The molecule has 2 N–H and O–H groups in total. The van der Waals surface area contributed by atoms with Crippen molar-refractivity contribution in [3.05, 3.63) is 66.4 Å². The normalized spacial score (nSPS) is 10.6. The highest BCUT2D eigenvalue weighted by atomic mass is 32.2. The van der Waals surface area contributed by atoms with Crippen LogP contribution in [0.15, 0.2) is 65.7 Å². The number of anilines is 1. The summed E-state index contributed by atoms with van der Waals surface area (Å²) < 4.78 is 4.91. The van der Waals surface area contributed by atoms with Crippen LogP contribution < -0.4 is 10.6 Å². The number of nitrogens with one attached hydrogen (secondary N) is 2. The van der Waals surface area contributed by atoms with E-state index < -0.39 is 0 Å². The minimum atomic E-state index is -0.223. The second-order valence-electron chi connectivity index (χ2n) is 5.96. The van der Waals surface area contributed by atoms with Crippen molar-refractivity contribution in [1.29, 1.82) is 0 Å². The smallest absolute Gasteiger partial charge is 0.256 e. The summed E-state index contributed by atoms with van der Waals surface area (Å²) in [6, 6.07) is 16.6. The Kier molecular flexibility index (Phi) is 7.00. The molecular weight excluding hydrogens is 374 g/mol. The lowest BCUT2D eigenvalue weighted by atomic mass is 10.1. The number of carbonyl (C=O) groups is 2. The quantitative estimate of drug-likeness (QED) is 0.452. The number of methoxy groups -OCH3 is 1. The van der Waals surface area contributed by atoms with Crippen LogP contribution in [0, 0.1) is 0 Å². The predicted octanol–water partition coefficient (Wildman–Crippen LogP) is 3.34. The molecule has 0 saturated carbocycles. The van der Waals surface area contributed by atoms with Crippen LogP contribution in [-0.4, -0.2) is 42.8 Å². The van der Waals surface area contributed by atoms with Crippen LogP contribution in [0.4, 0.5) is 5.69 Å². The summed E-state index contributed by atoms with van der Waals surface area (Å²) in [5.74, 6) is -0.0942. The lowest BCUT2D eigenvalue weighted by Crippen LogP contribution is -2.28. The van der Waals surface area contributed by atoms with Crippen molar-refractivity contribution in [3.63, 3.8) is 0 Å². The zero-order valence-electron chi connectivity index (χ0n) is 15.5. The highest BCUT2D eigenvalue weighted by molar-refractivity contribution is 8.00. The largest absolute Gasteiger partial charge is 0.383 e. The van der Waals surface area contributed by atoms with E-state index in [4.69, 9.17) is 4.74 Å². The fourth-order valence-corrected chi connectivity index (χ4v) is 3.55. The number of rotatable bonds is 8. The molecule has 0 radical (unpaired) electrons. The molecule has 28 heavy (non-hydrogen) atoms. The van der Waals surface area contributed by atoms with Gasteiger partial charge in [-0.15, -0.1) is 11.8 Å². The second-order valence-corrected chi connectivity index (χ2v) is 6.97. The minimum absolute atomic E-state index is 0.0996. The Morgan fingerprint density at radius 2 is 1.93 bits per heavy atom. The molecule has 1 aromatic heterocycles. The SMILES string of the molecule is COCCNC(=O)CSc1ccccc1C(=O)Nc1cccc2ncccc12. The first-order chi connectivity index (χ1) is 13.7. The Labute approximate surface area is 167 Å². The number of ether oxygens (including phenoxy) is 1. The number of hydrogen-bond donors (Lipinski definition) is 2. The third-order valence-corrected chi connectivity index (χ3v) is 5.09. The molecule has 6 nitrogen and oxygen atoms in total. The van der Waals surface area contributed by atoms with E-state index in [9.17, 15) is 9.59 Å². The summed E-state index contributed by atoms with van der Waals surface area (Å²) in [6.45, 7) is 0.933. The molecule has 0 saturated heterocycles. The van der Waals surface area contributed by atoms with Crippen LogP contribution >= 0.6 is 11.8 Å². The maximum atomic E-state index is 12.9. The zero-order chi connectivity index (χ0) is 19.8. The average Bonchev–Trinajstić information content (AvgIpc) is 2.73. The molecule has 0 atom stereocenters. The number of thioether (sulfide) groups is 1.